The number of rotatable bonds is 7. The first-order valence-corrected chi connectivity index (χ1v) is 10.8. The number of ether oxygens (including phenoxy) is 1. The lowest BCUT2D eigenvalue weighted by Crippen LogP contribution is -2.11. The van der Waals surface area contributed by atoms with Gasteiger partial charge in [0.1, 0.15) is 17.2 Å². The highest BCUT2D eigenvalue weighted by Gasteiger charge is 2.17. The van der Waals surface area contributed by atoms with Gasteiger partial charge in [-0.05, 0) is 73.7 Å². The maximum atomic E-state index is 13.1. The minimum absolute atomic E-state index is 0.0490. The topological polar surface area (TPSA) is 79.7 Å². The van der Waals surface area contributed by atoms with E-state index in [-0.39, 0.29) is 22.6 Å². The number of ketones is 1. The Balaban J connectivity index is 1.60. The SMILES string of the molecule is Cc1ccc(Oc2cc(C(=O)O)cc(C(=O)c3ccc(N(C)c4ccc(Cl)cc4)cn3)c2)cc1. The number of aryl methyl sites for hydroxylation is 1. The van der Waals surface area contributed by atoms with E-state index >= 15 is 0 Å². The zero-order valence-electron chi connectivity index (χ0n) is 18.5. The summed E-state index contributed by atoms with van der Waals surface area (Å²) in [5.41, 5.74) is 3.08. The van der Waals surface area contributed by atoms with Crippen LogP contribution in [0.15, 0.2) is 85.1 Å². The zero-order valence-corrected chi connectivity index (χ0v) is 19.3. The maximum absolute atomic E-state index is 13.1. The van der Waals surface area contributed by atoms with Gasteiger partial charge in [-0.2, -0.15) is 0 Å². The normalized spacial score (nSPS) is 10.6. The quantitative estimate of drug-likeness (QED) is 0.308. The fourth-order valence-electron chi connectivity index (χ4n) is 3.34. The lowest BCUT2D eigenvalue weighted by atomic mass is 10.0. The number of hydrogen-bond donors (Lipinski definition) is 1. The molecule has 1 aromatic heterocycles. The van der Waals surface area contributed by atoms with Gasteiger partial charge in [-0.1, -0.05) is 29.3 Å². The van der Waals surface area contributed by atoms with Gasteiger partial charge in [0.25, 0.3) is 0 Å². The van der Waals surface area contributed by atoms with Crippen molar-refractivity contribution in [2.45, 2.75) is 6.92 Å². The number of carboxylic acid groups (broad SMARTS) is 1. The van der Waals surface area contributed by atoms with E-state index in [0.717, 1.165) is 16.9 Å². The predicted octanol–water partition coefficient (Wildman–Crippen LogP) is 6.53. The van der Waals surface area contributed by atoms with Crippen LogP contribution >= 0.6 is 11.6 Å². The monoisotopic (exact) mass is 472 g/mol. The highest BCUT2D eigenvalue weighted by molar-refractivity contribution is 6.30. The third kappa shape index (κ3) is 5.24. The van der Waals surface area contributed by atoms with E-state index in [1.54, 1.807) is 42.6 Å². The summed E-state index contributed by atoms with van der Waals surface area (Å²) in [7, 11) is 1.88. The molecule has 0 aliphatic carbocycles. The highest BCUT2D eigenvalue weighted by Crippen LogP contribution is 2.27. The number of pyridine rings is 1. The van der Waals surface area contributed by atoms with E-state index in [9.17, 15) is 14.7 Å². The van der Waals surface area contributed by atoms with Gasteiger partial charge in [-0.25, -0.2) is 4.79 Å². The summed E-state index contributed by atoms with van der Waals surface area (Å²) in [6.07, 6.45) is 1.59. The lowest BCUT2D eigenvalue weighted by molar-refractivity contribution is 0.0696. The van der Waals surface area contributed by atoms with Gasteiger partial charge in [0.15, 0.2) is 0 Å². The average molecular weight is 473 g/mol. The Morgan fingerprint density at radius 1 is 0.853 bits per heavy atom. The fourth-order valence-corrected chi connectivity index (χ4v) is 3.46. The summed E-state index contributed by atoms with van der Waals surface area (Å²) in [5, 5.41) is 10.2. The van der Waals surface area contributed by atoms with E-state index in [0.29, 0.717) is 10.8 Å². The molecule has 0 fully saturated rings. The van der Waals surface area contributed by atoms with Crippen LogP contribution in [0.2, 0.25) is 5.02 Å². The Bertz CT molecular complexity index is 1330. The number of hydrogen-bond acceptors (Lipinski definition) is 5. The standard InChI is InChI=1S/C27H21ClN2O4/c1-17-3-10-23(11-4-17)34-24-14-18(13-19(15-24)27(32)33)26(31)25-12-9-22(16-29-25)30(2)21-7-5-20(28)6-8-21/h3-16H,1-2H3,(H,32,33). The van der Waals surface area contributed by atoms with Crippen LogP contribution in [0.5, 0.6) is 11.5 Å². The van der Waals surface area contributed by atoms with Crippen molar-refractivity contribution < 1.29 is 19.4 Å². The van der Waals surface area contributed by atoms with Gasteiger partial charge < -0.3 is 14.7 Å². The average Bonchev–Trinajstić information content (AvgIpc) is 2.85. The van der Waals surface area contributed by atoms with Crippen LogP contribution in [0.4, 0.5) is 11.4 Å². The molecule has 34 heavy (non-hydrogen) atoms. The van der Waals surface area contributed by atoms with Crippen molar-refractivity contribution in [3.05, 3.63) is 112 Å². The number of anilines is 2. The van der Waals surface area contributed by atoms with Gasteiger partial charge in [-0.15, -0.1) is 0 Å². The van der Waals surface area contributed by atoms with Crippen molar-refractivity contribution in [3.8, 4) is 11.5 Å². The van der Waals surface area contributed by atoms with Gasteiger partial charge in [0.2, 0.25) is 5.78 Å². The van der Waals surface area contributed by atoms with E-state index in [2.05, 4.69) is 4.98 Å². The summed E-state index contributed by atoms with van der Waals surface area (Å²) in [5.74, 6) is -0.765. The second-order valence-corrected chi connectivity index (χ2v) is 8.17. The molecule has 0 aliphatic heterocycles. The van der Waals surface area contributed by atoms with E-state index in [1.165, 1.54) is 18.2 Å². The summed E-state index contributed by atoms with van der Waals surface area (Å²) in [6.45, 7) is 1.96. The Morgan fingerprint density at radius 2 is 1.50 bits per heavy atom. The molecule has 4 aromatic rings. The fraction of sp³-hybridized carbons (Fsp3) is 0.0741. The highest BCUT2D eigenvalue weighted by atomic mass is 35.5. The number of nitrogens with zero attached hydrogens (tertiary/aromatic N) is 2. The third-order valence-electron chi connectivity index (χ3n) is 5.25. The molecular weight excluding hydrogens is 452 g/mol. The Hall–Kier alpha value is -4.16. The first-order chi connectivity index (χ1) is 16.3. The third-order valence-corrected chi connectivity index (χ3v) is 5.51. The number of halogens is 1. The largest absolute Gasteiger partial charge is 0.478 e. The van der Waals surface area contributed by atoms with E-state index in [1.807, 2.05) is 43.1 Å². The minimum atomic E-state index is -1.16. The molecule has 7 heteroatoms. The van der Waals surface area contributed by atoms with Crippen molar-refractivity contribution in [1.82, 2.24) is 4.98 Å². The summed E-state index contributed by atoms with van der Waals surface area (Å²) in [4.78, 5) is 31.0. The predicted molar refractivity (Wildman–Crippen MR) is 132 cm³/mol. The van der Waals surface area contributed by atoms with Crippen LogP contribution in [-0.2, 0) is 0 Å². The lowest BCUT2D eigenvalue weighted by Gasteiger charge is -2.19. The summed E-state index contributed by atoms with van der Waals surface area (Å²) in [6, 6.07) is 22.3. The molecule has 0 atom stereocenters. The molecule has 1 N–H and O–H groups in total. The molecule has 4 rings (SSSR count). The van der Waals surface area contributed by atoms with Crippen molar-refractivity contribution >= 4 is 34.7 Å². The molecule has 0 amide bonds. The number of carbonyl (C=O) groups excluding carboxylic acids is 1. The number of carboxylic acids is 1. The molecule has 0 aliphatic rings. The molecule has 0 saturated heterocycles. The molecule has 0 bridgehead atoms. The van der Waals surface area contributed by atoms with Crippen LogP contribution in [0.25, 0.3) is 0 Å². The molecule has 0 unspecified atom stereocenters. The number of carbonyl (C=O) groups is 2. The molecule has 0 radical (unpaired) electrons. The second-order valence-electron chi connectivity index (χ2n) is 7.73. The first kappa shape index (κ1) is 23.0. The molecule has 0 saturated carbocycles. The molecule has 170 valence electrons. The minimum Gasteiger partial charge on any atom is -0.478 e. The summed E-state index contributed by atoms with van der Waals surface area (Å²) < 4.78 is 5.81. The number of benzene rings is 3. The van der Waals surface area contributed by atoms with Crippen LogP contribution in [0.1, 0.15) is 32.0 Å². The van der Waals surface area contributed by atoms with Crippen molar-refractivity contribution in [2.75, 3.05) is 11.9 Å². The second kappa shape index (κ2) is 9.77. The van der Waals surface area contributed by atoms with Crippen molar-refractivity contribution in [1.29, 1.82) is 0 Å². The Morgan fingerprint density at radius 3 is 2.12 bits per heavy atom. The van der Waals surface area contributed by atoms with Crippen LogP contribution in [-0.4, -0.2) is 28.9 Å². The molecule has 0 spiro atoms. The van der Waals surface area contributed by atoms with Crippen LogP contribution in [0, 0.1) is 6.92 Å². The van der Waals surface area contributed by atoms with E-state index in [4.69, 9.17) is 16.3 Å². The number of aromatic nitrogens is 1. The van der Waals surface area contributed by atoms with Crippen LogP contribution in [0.3, 0.4) is 0 Å². The van der Waals surface area contributed by atoms with Gasteiger partial charge in [-0.3, -0.25) is 9.78 Å². The van der Waals surface area contributed by atoms with Crippen LogP contribution < -0.4 is 9.64 Å². The molecular formula is C27H21ClN2O4. The van der Waals surface area contributed by atoms with Gasteiger partial charge in [0.05, 0.1) is 17.4 Å². The Kier molecular flexibility index (Phi) is 6.61. The first-order valence-electron chi connectivity index (χ1n) is 10.4. The zero-order chi connectivity index (χ0) is 24.2. The van der Waals surface area contributed by atoms with Gasteiger partial charge >= 0.3 is 5.97 Å². The summed E-state index contributed by atoms with van der Waals surface area (Å²) >= 11 is 5.96. The van der Waals surface area contributed by atoms with Crippen molar-refractivity contribution in [2.24, 2.45) is 0 Å². The van der Waals surface area contributed by atoms with E-state index < -0.39 is 11.8 Å². The van der Waals surface area contributed by atoms with Crippen molar-refractivity contribution in [3.63, 3.8) is 0 Å². The molecule has 3 aromatic carbocycles. The maximum Gasteiger partial charge on any atom is 0.335 e. The smallest absolute Gasteiger partial charge is 0.335 e. The number of aromatic carboxylic acids is 1. The Labute approximate surface area is 202 Å². The molecule has 1 heterocycles. The van der Waals surface area contributed by atoms with Gasteiger partial charge in [0, 0.05) is 23.3 Å². The molecule has 6 nitrogen and oxygen atoms in total.